The van der Waals surface area contributed by atoms with Crippen molar-refractivity contribution in [2.75, 3.05) is 10.6 Å². The van der Waals surface area contributed by atoms with Gasteiger partial charge < -0.3 is 20.1 Å². The maximum atomic E-state index is 12.6. The van der Waals surface area contributed by atoms with Crippen molar-refractivity contribution in [1.82, 2.24) is 0 Å². The van der Waals surface area contributed by atoms with Crippen molar-refractivity contribution in [2.45, 2.75) is 26.1 Å². The summed E-state index contributed by atoms with van der Waals surface area (Å²) in [6, 6.07) is 16.1. The second kappa shape index (κ2) is 11.7. The topological polar surface area (TPSA) is 76.7 Å². The van der Waals surface area contributed by atoms with Gasteiger partial charge in [0.05, 0.1) is 10.0 Å². The fourth-order valence-corrected chi connectivity index (χ4v) is 3.70. The average molecular weight is 542 g/mol. The number of anilines is 2. The largest absolute Gasteiger partial charge is 0.479 e. The first-order valence-electron chi connectivity index (χ1n) is 10.1. The van der Waals surface area contributed by atoms with Gasteiger partial charge in [-0.1, -0.05) is 52.5 Å². The monoisotopic (exact) mass is 540 g/mol. The normalized spacial score (nSPS) is 12.4. The Morgan fingerprint density at radius 2 is 1.09 bits per heavy atom. The highest BCUT2D eigenvalue weighted by Crippen LogP contribution is 2.29. The number of rotatable bonds is 8. The van der Waals surface area contributed by atoms with E-state index < -0.39 is 24.0 Å². The summed E-state index contributed by atoms with van der Waals surface area (Å²) < 4.78 is 11.3. The standard InChI is InChI=1S/C24H20Cl4N2O4/c1-13(33-21-8-6-15(25)10-19(21)27)23(31)29-17-4-3-5-18(12-17)30-24(32)14(2)34-22-9-7-16(26)11-20(22)28/h3-14H,1-2H3,(H,29,31)(H,30,32)/t13-,14-/m0/s1. The molecular weight excluding hydrogens is 522 g/mol. The highest BCUT2D eigenvalue weighted by Gasteiger charge is 2.19. The lowest BCUT2D eigenvalue weighted by atomic mass is 10.2. The summed E-state index contributed by atoms with van der Waals surface area (Å²) in [5, 5.41) is 7.01. The summed E-state index contributed by atoms with van der Waals surface area (Å²) in [5.74, 6) is -0.124. The molecule has 0 aliphatic carbocycles. The van der Waals surface area contributed by atoms with Crippen LogP contribution >= 0.6 is 46.4 Å². The first kappa shape index (κ1) is 26.0. The van der Waals surface area contributed by atoms with Crippen molar-refractivity contribution >= 4 is 69.6 Å². The van der Waals surface area contributed by atoms with Crippen LogP contribution in [0.2, 0.25) is 20.1 Å². The summed E-state index contributed by atoms with van der Waals surface area (Å²) in [5.41, 5.74) is 0.935. The second-order valence-electron chi connectivity index (χ2n) is 7.23. The van der Waals surface area contributed by atoms with Crippen molar-refractivity contribution in [3.05, 3.63) is 80.8 Å². The van der Waals surface area contributed by atoms with Gasteiger partial charge >= 0.3 is 0 Å². The molecule has 0 aliphatic rings. The summed E-state index contributed by atoms with van der Waals surface area (Å²) >= 11 is 23.9. The summed E-state index contributed by atoms with van der Waals surface area (Å²) in [6.45, 7) is 3.18. The highest BCUT2D eigenvalue weighted by atomic mass is 35.5. The first-order valence-corrected chi connectivity index (χ1v) is 11.6. The van der Waals surface area contributed by atoms with E-state index in [0.717, 1.165) is 0 Å². The third kappa shape index (κ3) is 7.18. The minimum Gasteiger partial charge on any atom is -0.479 e. The lowest BCUT2D eigenvalue weighted by Gasteiger charge is -2.17. The molecule has 3 aromatic carbocycles. The Morgan fingerprint density at radius 1 is 0.676 bits per heavy atom. The Hall–Kier alpha value is -2.64. The SMILES string of the molecule is C[C@H](Oc1ccc(Cl)cc1Cl)C(=O)Nc1cccc(NC(=O)[C@H](C)Oc2ccc(Cl)cc2Cl)c1. The molecule has 2 N–H and O–H groups in total. The summed E-state index contributed by atoms with van der Waals surface area (Å²) in [6.07, 6.45) is -1.68. The lowest BCUT2D eigenvalue weighted by Crippen LogP contribution is -2.31. The number of ether oxygens (including phenoxy) is 2. The Balaban J connectivity index is 1.59. The van der Waals surface area contributed by atoms with E-state index in [1.807, 2.05) is 0 Å². The maximum Gasteiger partial charge on any atom is 0.265 e. The van der Waals surface area contributed by atoms with E-state index in [0.29, 0.717) is 43.0 Å². The second-order valence-corrected chi connectivity index (χ2v) is 8.92. The quantitative estimate of drug-likeness (QED) is 0.318. The molecule has 6 nitrogen and oxygen atoms in total. The van der Waals surface area contributed by atoms with Crippen LogP contribution in [0.4, 0.5) is 11.4 Å². The molecule has 2 amide bonds. The predicted molar refractivity (Wildman–Crippen MR) is 137 cm³/mol. The molecule has 0 saturated heterocycles. The Kier molecular flexibility index (Phi) is 8.91. The van der Waals surface area contributed by atoms with Gasteiger partial charge in [0.1, 0.15) is 11.5 Å². The van der Waals surface area contributed by atoms with Crippen LogP contribution in [0.25, 0.3) is 0 Å². The molecular formula is C24H20Cl4N2O4. The van der Waals surface area contributed by atoms with Crippen LogP contribution in [0.5, 0.6) is 11.5 Å². The predicted octanol–water partition coefficient (Wildman–Crippen LogP) is 7.11. The number of nitrogens with one attached hydrogen (secondary N) is 2. The minimum atomic E-state index is -0.838. The van der Waals surface area contributed by atoms with Gasteiger partial charge in [-0.25, -0.2) is 0 Å². The highest BCUT2D eigenvalue weighted by molar-refractivity contribution is 6.36. The van der Waals surface area contributed by atoms with E-state index in [1.54, 1.807) is 62.4 Å². The molecule has 178 valence electrons. The molecule has 10 heteroatoms. The van der Waals surface area contributed by atoms with Crippen LogP contribution < -0.4 is 20.1 Å². The third-order valence-corrected chi connectivity index (χ3v) is 5.59. The van der Waals surface area contributed by atoms with E-state index in [-0.39, 0.29) is 0 Å². The smallest absolute Gasteiger partial charge is 0.265 e. The van der Waals surface area contributed by atoms with Gasteiger partial charge in [-0.3, -0.25) is 9.59 Å². The number of carbonyl (C=O) groups is 2. The Bertz CT molecular complexity index is 1120. The molecule has 0 saturated carbocycles. The van der Waals surface area contributed by atoms with E-state index in [1.165, 1.54) is 12.1 Å². The molecule has 0 fully saturated rings. The molecule has 0 aliphatic heterocycles. The van der Waals surface area contributed by atoms with E-state index in [2.05, 4.69) is 10.6 Å². The van der Waals surface area contributed by atoms with Crippen LogP contribution in [0.15, 0.2) is 60.7 Å². The fourth-order valence-electron chi connectivity index (χ4n) is 2.79. The molecule has 0 spiro atoms. The van der Waals surface area contributed by atoms with Crippen molar-refractivity contribution in [2.24, 2.45) is 0 Å². The molecule has 3 rings (SSSR count). The van der Waals surface area contributed by atoms with Gasteiger partial charge in [0.2, 0.25) is 0 Å². The van der Waals surface area contributed by atoms with Gasteiger partial charge in [-0.15, -0.1) is 0 Å². The fraction of sp³-hybridized carbons (Fsp3) is 0.167. The molecule has 0 bridgehead atoms. The summed E-state index contributed by atoms with van der Waals surface area (Å²) in [4.78, 5) is 25.1. The van der Waals surface area contributed by atoms with Crippen LogP contribution in [0.3, 0.4) is 0 Å². The number of hydrogen-bond acceptors (Lipinski definition) is 4. The third-order valence-electron chi connectivity index (χ3n) is 4.53. The molecule has 0 aromatic heterocycles. The summed E-state index contributed by atoms with van der Waals surface area (Å²) in [7, 11) is 0. The van der Waals surface area contributed by atoms with E-state index >= 15 is 0 Å². The van der Waals surface area contributed by atoms with Gasteiger partial charge in [-0.05, 0) is 68.4 Å². The van der Waals surface area contributed by atoms with Crippen molar-refractivity contribution < 1.29 is 19.1 Å². The van der Waals surface area contributed by atoms with Crippen LogP contribution in [-0.4, -0.2) is 24.0 Å². The molecule has 34 heavy (non-hydrogen) atoms. The van der Waals surface area contributed by atoms with Gasteiger partial charge in [0, 0.05) is 21.4 Å². The van der Waals surface area contributed by atoms with Crippen molar-refractivity contribution in [3.63, 3.8) is 0 Å². The molecule has 2 atom stereocenters. The van der Waals surface area contributed by atoms with Crippen LogP contribution in [0.1, 0.15) is 13.8 Å². The molecule has 3 aromatic rings. The number of amides is 2. The number of carbonyl (C=O) groups excluding carboxylic acids is 2. The Morgan fingerprint density at radius 3 is 1.47 bits per heavy atom. The van der Waals surface area contributed by atoms with Gasteiger partial charge in [0.15, 0.2) is 12.2 Å². The van der Waals surface area contributed by atoms with E-state index in [9.17, 15) is 9.59 Å². The average Bonchev–Trinajstić information content (AvgIpc) is 2.77. The zero-order valence-corrected chi connectivity index (χ0v) is 21.1. The van der Waals surface area contributed by atoms with E-state index in [4.69, 9.17) is 55.9 Å². The number of halogens is 4. The minimum absolute atomic E-state index is 0.299. The molecule has 0 heterocycles. The van der Waals surface area contributed by atoms with Crippen molar-refractivity contribution in [3.8, 4) is 11.5 Å². The zero-order chi connectivity index (χ0) is 24.8. The van der Waals surface area contributed by atoms with Crippen LogP contribution in [0, 0.1) is 0 Å². The maximum absolute atomic E-state index is 12.6. The number of hydrogen-bond donors (Lipinski definition) is 2. The van der Waals surface area contributed by atoms with Crippen molar-refractivity contribution in [1.29, 1.82) is 0 Å². The van der Waals surface area contributed by atoms with Crippen LogP contribution in [-0.2, 0) is 9.59 Å². The van der Waals surface area contributed by atoms with Gasteiger partial charge in [-0.2, -0.15) is 0 Å². The number of benzene rings is 3. The lowest BCUT2D eigenvalue weighted by molar-refractivity contribution is -0.122. The molecule has 0 radical (unpaired) electrons. The zero-order valence-electron chi connectivity index (χ0n) is 18.1. The van der Waals surface area contributed by atoms with Gasteiger partial charge in [0.25, 0.3) is 11.8 Å². The first-order chi connectivity index (χ1) is 16.1. The molecule has 0 unspecified atom stereocenters. The Labute approximate surface area is 217 Å².